The van der Waals surface area contributed by atoms with E-state index in [0.29, 0.717) is 0 Å². The molecule has 0 radical (unpaired) electrons. The van der Waals surface area contributed by atoms with Gasteiger partial charge in [-0.05, 0) is 61.8 Å². The molecule has 0 aromatic heterocycles. The maximum Gasteiger partial charge on any atom is 0.00978 e. The lowest BCUT2D eigenvalue weighted by atomic mass is 9.77. The Morgan fingerprint density at radius 2 is 1.94 bits per heavy atom. The molecule has 0 aromatic rings. The number of fused-ring (bicyclic) bond motifs is 2. The van der Waals surface area contributed by atoms with Gasteiger partial charge < -0.3 is 5.32 Å². The Bertz CT molecular complexity index is 307. The lowest BCUT2D eigenvalue weighted by molar-refractivity contribution is 0.196. The molecule has 1 nitrogen and oxygen atoms in total. The summed E-state index contributed by atoms with van der Waals surface area (Å²) in [5.41, 5.74) is 0. The third-order valence-electron chi connectivity index (χ3n) is 5.73. The van der Waals surface area contributed by atoms with Gasteiger partial charge in [-0.1, -0.05) is 38.8 Å². The molecule has 0 saturated heterocycles. The second kappa shape index (κ2) is 5.36. The molecule has 0 spiro atoms. The molecule has 0 amide bonds. The zero-order chi connectivity index (χ0) is 12.5. The van der Waals surface area contributed by atoms with Gasteiger partial charge in [0.25, 0.3) is 0 Å². The number of hydrogen-bond donors (Lipinski definition) is 1. The molecular formula is C17H29N. The maximum atomic E-state index is 3.95. The van der Waals surface area contributed by atoms with Gasteiger partial charge in [0.1, 0.15) is 0 Å². The van der Waals surface area contributed by atoms with Gasteiger partial charge in [-0.3, -0.25) is 0 Å². The molecule has 2 fully saturated rings. The van der Waals surface area contributed by atoms with E-state index in [1.807, 2.05) is 0 Å². The summed E-state index contributed by atoms with van der Waals surface area (Å²) in [4.78, 5) is 0. The van der Waals surface area contributed by atoms with Crippen LogP contribution in [0.25, 0.3) is 0 Å². The van der Waals surface area contributed by atoms with E-state index in [0.717, 1.165) is 35.6 Å². The Kier molecular flexibility index (Phi) is 3.79. The van der Waals surface area contributed by atoms with E-state index < -0.39 is 0 Å². The molecule has 5 atom stereocenters. The van der Waals surface area contributed by atoms with Crippen LogP contribution < -0.4 is 5.32 Å². The molecule has 1 heteroatoms. The van der Waals surface area contributed by atoms with Crippen LogP contribution in [0.1, 0.15) is 52.4 Å². The average Bonchev–Trinajstić information content (AvgIpc) is 2.98. The van der Waals surface area contributed by atoms with E-state index in [4.69, 9.17) is 0 Å². The smallest absolute Gasteiger partial charge is 0.00978 e. The minimum absolute atomic E-state index is 0.807. The molecule has 3 aliphatic rings. The first-order valence-electron chi connectivity index (χ1n) is 8.15. The normalized spacial score (nSPS) is 42.9. The van der Waals surface area contributed by atoms with Crippen LogP contribution in [-0.2, 0) is 0 Å². The summed E-state index contributed by atoms with van der Waals surface area (Å²) in [7, 11) is 0. The van der Waals surface area contributed by atoms with Gasteiger partial charge in [-0.2, -0.15) is 0 Å². The Hall–Kier alpha value is -0.300. The second-order valence-corrected chi connectivity index (χ2v) is 7.25. The molecule has 3 rings (SSSR count). The van der Waals surface area contributed by atoms with Crippen LogP contribution in [0.2, 0.25) is 0 Å². The van der Waals surface area contributed by atoms with Crippen molar-refractivity contribution in [2.24, 2.45) is 29.6 Å². The largest absolute Gasteiger partial charge is 0.313 e. The fourth-order valence-corrected chi connectivity index (χ4v) is 4.64. The highest BCUT2D eigenvalue weighted by Gasteiger charge is 2.36. The van der Waals surface area contributed by atoms with Gasteiger partial charge in [0.2, 0.25) is 0 Å². The van der Waals surface area contributed by atoms with Crippen LogP contribution in [0, 0.1) is 29.6 Å². The molecule has 2 saturated carbocycles. The Morgan fingerprint density at radius 1 is 1.11 bits per heavy atom. The zero-order valence-electron chi connectivity index (χ0n) is 12.1. The molecular weight excluding hydrogens is 218 g/mol. The number of rotatable bonds is 4. The summed E-state index contributed by atoms with van der Waals surface area (Å²) in [5, 5.41) is 3.95. The zero-order valence-corrected chi connectivity index (χ0v) is 12.1. The van der Waals surface area contributed by atoms with E-state index in [1.54, 1.807) is 0 Å². The summed E-state index contributed by atoms with van der Waals surface area (Å²) < 4.78 is 0. The first-order valence-corrected chi connectivity index (χ1v) is 8.15. The molecule has 2 bridgehead atoms. The summed E-state index contributed by atoms with van der Waals surface area (Å²) in [6.45, 7) is 6.09. The van der Waals surface area contributed by atoms with Crippen molar-refractivity contribution in [3.05, 3.63) is 12.2 Å². The fourth-order valence-electron chi connectivity index (χ4n) is 4.64. The summed E-state index contributed by atoms with van der Waals surface area (Å²) in [6.07, 6.45) is 13.6. The van der Waals surface area contributed by atoms with Crippen molar-refractivity contribution in [2.45, 2.75) is 58.4 Å². The lowest BCUT2D eigenvalue weighted by Gasteiger charge is -2.36. The summed E-state index contributed by atoms with van der Waals surface area (Å²) in [5.74, 6) is 4.54. The number of allylic oxidation sites excluding steroid dienone is 2. The van der Waals surface area contributed by atoms with E-state index in [-0.39, 0.29) is 0 Å². The highest BCUT2D eigenvalue weighted by atomic mass is 14.9. The second-order valence-electron chi connectivity index (χ2n) is 7.25. The van der Waals surface area contributed by atoms with Crippen LogP contribution in [0.5, 0.6) is 0 Å². The molecule has 0 aromatic carbocycles. The van der Waals surface area contributed by atoms with Crippen LogP contribution in [0.15, 0.2) is 12.2 Å². The standard InChI is InChI=1S/C17H29N/c1-12(2)16-5-3-4-6-17(16)18-11-15-10-13-7-8-14(15)9-13/h7-8,12-18H,3-6,9-11H2,1-2H3. The molecule has 0 aliphatic heterocycles. The highest BCUT2D eigenvalue weighted by Crippen LogP contribution is 2.43. The van der Waals surface area contributed by atoms with Gasteiger partial charge in [0.15, 0.2) is 0 Å². The van der Waals surface area contributed by atoms with E-state index in [2.05, 4.69) is 31.3 Å². The summed E-state index contributed by atoms with van der Waals surface area (Å²) in [6, 6.07) is 0.807. The maximum absolute atomic E-state index is 3.95. The van der Waals surface area contributed by atoms with Crippen LogP contribution in [0.3, 0.4) is 0 Å². The average molecular weight is 247 g/mol. The predicted molar refractivity (Wildman–Crippen MR) is 77.4 cm³/mol. The molecule has 5 unspecified atom stereocenters. The van der Waals surface area contributed by atoms with Crippen LogP contribution in [-0.4, -0.2) is 12.6 Å². The first kappa shape index (κ1) is 12.7. The SMILES string of the molecule is CC(C)C1CCCCC1NCC1CC2C=CC1C2. The first-order chi connectivity index (χ1) is 8.74. The highest BCUT2D eigenvalue weighted by molar-refractivity contribution is 5.10. The van der Waals surface area contributed by atoms with Gasteiger partial charge in [0, 0.05) is 6.04 Å². The van der Waals surface area contributed by atoms with Crippen molar-refractivity contribution in [1.82, 2.24) is 5.32 Å². The van der Waals surface area contributed by atoms with Crippen molar-refractivity contribution in [3.63, 3.8) is 0 Å². The van der Waals surface area contributed by atoms with E-state index in [1.165, 1.54) is 45.1 Å². The lowest BCUT2D eigenvalue weighted by Crippen LogP contribution is -2.43. The van der Waals surface area contributed by atoms with E-state index >= 15 is 0 Å². The van der Waals surface area contributed by atoms with Crippen molar-refractivity contribution in [1.29, 1.82) is 0 Å². The molecule has 102 valence electrons. The minimum atomic E-state index is 0.807. The van der Waals surface area contributed by atoms with Crippen molar-refractivity contribution in [2.75, 3.05) is 6.54 Å². The van der Waals surface area contributed by atoms with Gasteiger partial charge in [0.05, 0.1) is 0 Å². The third kappa shape index (κ3) is 2.52. The van der Waals surface area contributed by atoms with Crippen molar-refractivity contribution in [3.8, 4) is 0 Å². The van der Waals surface area contributed by atoms with Crippen molar-refractivity contribution >= 4 is 0 Å². The Morgan fingerprint density at radius 3 is 2.61 bits per heavy atom. The van der Waals surface area contributed by atoms with Crippen LogP contribution in [0.4, 0.5) is 0 Å². The quantitative estimate of drug-likeness (QED) is 0.740. The van der Waals surface area contributed by atoms with Gasteiger partial charge in [-0.15, -0.1) is 0 Å². The Labute approximate surface area is 112 Å². The molecule has 0 heterocycles. The monoisotopic (exact) mass is 247 g/mol. The minimum Gasteiger partial charge on any atom is -0.313 e. The topological polar surface area (TPSA) is 12.0 Å². The Balaban J connectivity index is 1.51. The fraction of sp³-hybridized carbons (Fsp3) is 0.882. The van der Waals surface area contributed by atoms with Gasteiger partial charge in [-0.25, -0.2) is 0 Å². The van der Waals surface area contributed by atoms with E-state index in [9.17, 15) is 0 Å². The molecule has 1 N–H and O–H groups in total. The third-order valence-corrected chi connectivity index (χ3v) is 5.73. The van der Waals surface area contributed by atoms with Crippen LogP contribution >= 0.6 is 0 Å². The number of nitrogens with one attached hydrogen (secondary N) is 1. The number of hydrogen-bond acceptors (Lipinski definition) is 1. The summed E-state index contributed by atoms with van der Waals surface area (Å²) >= 11 is 0. The predicted octanol–water partition coefficient (Wildman–Crippen LogP) is 4.00. The molecule has 18 heavy (non-hydrogen) atoms. The molecule has 3 aliphatic carbocycles. The van der Waals surface area contributed by atoms with Gasteiger partial charge >= 0.3 is 0 Å². The van der Waals surface area contributed by atoms with Crippen molar-refractivity contribution < 1.29 is 0 Å².